The van der Waals surface area contributed by atoms with E-state index in [4.69, 9.17) is 4.74 Å². The maximum atomic E-state index is 13.5. The number of thiazole rings is 1. The average Bonchev–Trinajstić information content (AvgIpc) is 3.18. The molecule has 4 aliphatic heterocycles. The van der Waals surface area contributed by atoms with Crippen LogP contribution in [0.1, 0.15) is 40.6 Å². The summed E-state index contributed by atoms with van der Waals surface area (Å²) < 4.78 is 7.33. The molecule has 1 aromatic heterocycles. The van der Waals surface area contributed by atoms with Crippen LogP contribution in [-0.2, 0) is 11.2 Å². The highest BCUT2D eigenvalue weighted by atomic mass is 32.1. The summed E-state index contributed by atoms with van der Waals surface area (Å²) in [5.41, 5.74) is 4.69. The highest BCUT2D eigenvalue weighted by molar-refractivity contribution is 7.18. The molecule has 6 heteroatoms. The van der Waals surface area contributed by atoms with Gasteiger partial charge in [0, 0.05) is 13.1 Å². The molecule has 7 rings (SSSR count). The van der Waals surface area contributed by atoms with Gasteiger partial charge in [-0.2, -0.15) is 0 Å². The van der Waals surface area contributed by atoms with Crippen molar-refractivity contribution in [3.05, 3.63) is 64.2 Å². The first kappa shape index (κ1) is 19.3. The fourth-order valence-electron chi connectivity index (χ4n) is 5.59. The largest absolute Gasteiger partial charge is 0.444 e. The van der Waals surface area contributed by atoms with Gasteiger partial charge in [-0.05, 0) is 74.0 Å². The number of fused-ring (bicyclic) bond motifs is 5. The molecule has 1 amide bonds. The lowest BCUT2D eigenvalue weighted by molar-refractivity contribution is -0.0462. The van der Waals surface area contributed by atoms with Crippen LogP contribution < -0.4 is 0 Å². The summed E-state index contributed by atoms with van der Waals surface area (Å²) in [5.74, 6) is 0.515. The number of hydrogen-bond donors (Lipinski definition) is 0. The normalized spacial score (nSPS) is 27.3. The molecule has 2 atom stereocenters. The minimum atomic E-state index is -0.168. The van der Waals surface area contributed by atoms with Gasteiger partial charge in [0.15, 0.2) is 0 Å². The van der Waals surface area contributed by atoms with Crippen LogP contribution in [0.15, 0.2) is 42.5 Å². The Hall–Kier alpha value is -2.44. The van der Waals surface area contributed by atoms with Crippen LogP contribution in [0.5, 0.6) is 0 Å². The third-order valence-electron chi connectivity index (χ3n) is 7.20. The molecule has 0 unspecified atom stereocenters. The van der Waals surface area contributed by atoms with Crippen molar-refractivity contribution in [3.63, 3.8) is 0 Å². The molecule has 0 aliphatic carbocycles. The van der Waals surface area contributed by atoms with E-state index in [1.807, 2.05) is 11.8 Å². The Kier molecular flexibility index (Phi) is 4.73. The monoisotopic (exact) mass is 433 g/mol. The number of nitrogens with zero attached hydrogens (tertiary/aromatic N) is 3. The van der Waals surface area contributed by atoms with Gasteiger partial charge in [0.2, 0.25) is 0 Å². The molecule has 5 nitrogen and oxygen atoms in total. The average molecular weight is 434 g/mol. The SMILES string of the molecule is Cc1nc2ccc([C@@H]3c4ccccc4CCN3C(=O)O[C@@H]3CN4CCC3CC4)cc2s1. The first-order chi connectivity index (χ1) is 15.2. The number of hydrogen-bond acceptors (Lipinski definition) is 5. The summed E-state index contributed by atoms with van der Waals surface area (Å²) in [6.07, 6.45) is 3.01. The molecule has 3 fully saturated rings. The predicted octanol–water partition coefficient (Wildman–Crippen LogP) is 4.78. The van der Waals surface area contributed by atoms with Gasteiger partial charge in [-0.25, -0.2) is 9.78 Å². The van der Waals surface area contributed by atoms with E-state index < -0.39 is 0 Å². The van der Waals surface area contributed by atoms with Crippen LogP contribution in [0.3, 0.4) is 0 Å². The third-order valence-corrected chi connectivity index (χ3v) is 8.14. The van der Waals surface area contributed by atoms with E-state index in [1.165, 1.54) is 15.8 Å². The molecule has 2 aromatic carbocycles. The third kappa shape index (κ3) is 3.42. The standard InChI is InChI=1S/C25H27N3O2S/c1-16-26-21-7-6-19(14-23(21)31-16)24-20-5-3-2-4-17(20)10-13-28(24)25(29)30-22-15-27-11-8-18(22)9-12-27/h2-7,14,18,22,24H,8-13,15H2,1H3/t22-,24-/m1/s1. The van der Waals surface area contributed by atoms with Crippen molar-refractivity contribution in [2.45, 2.75) is 38.3 Å². The summed E-state index contributed by atoms with van der Waals surface area (Å²) in [4.78, 5) is 22.5. The first-order valence-corrected chi connectivity index (χ1v) is 12.1. The second-order valence-electron chi connectivity index (χ2n) is 9.07. The van der Waals surface area contributed by atoms with E-state index in [1.54, 1.807) is 11.3 Å². The lowest BCUT2D eigenvalue weighted by Gasteiger charge is -2.45. The fraction of sp³-hybridized carbons (Fsp3) is 0.440. The molecule has 2 bridgehead atoms. The fourth-order valence-corrected chi connectivity index (χ4v) is 6.47. The van der Waals surface area contributed by atoms with Gasteiger partial charge < -0.3 is 4.74 Å². The topological polar surface area (TPSA) is 45.7 Å². The Morgan fingerprint density at radius 3 is 2.77 bits per heavy atom. The van der Waals surface area contributed by atoms with Crippen LogP contribution in [-0.4, -0.2) is 53.2 Å². The van der Waals surface area contributed by atoms with E-state index in [0.29, 0.717) is 12.5 Å². The van der Waals surface area contributed by atoms with Gasteiger partial charge in [0.25, 0.3) is 0 Å². The molecule has 160 valence electrons. The molecule has 0 saturated carbocycles. The smallest absolute Gasteiger partial charge is 0.410 e. The molecule has 0 N–H and O–H groups in total. The Bertz CT molecular complexity index is 1130. The van der Waals surface area contributed by atoms with E-state index in [2.05, 4.69) is 52.3 Å². The molecule has 3 aromatic rings. The predicted molar refractivity (Wildman–Crippen MR) is 122 cm³/mol. The highest BCUT2D eigenvalue weighted by Gasteiger charge is 2.39. The Morgan fingerprint density at radius 2 is 1.97 bits per heavy atom. The first-order valence-electron chi connectivity index (χ1n) is 11.3. The zero-order chi connectivity index (χ0) is 20.9. The number of rotatable bonds is 2. The van der Waals surface area contributed by atoms with Gasteiger partial charge in [0.1, 0.15) is 6.10 Å². The van der Waals surface area contributed by atoms with Gasteiger partial charge in [-0.1, -0.05) is 30.3 Å². The van der Waals surface area contributed by atoms with E-state index >= 15 is 0 Å². The minimum absolute atomic E-state index is 0.0273. The van der Waals surface area contributed by atoms with Crippen molar-refractivity contribution in [2.24, 2.45) is 5.92 Å². The quantitative estimate of drug-likeness (QED) is 0.583. The number of aryl methyl sites for hydroxylation is 1. The minimum Gasteiger partial charge on any atom is -0.444 e. The van der Waals surface area contributed by atoms with Crippen molar-refractivity contribution < 1.29 is 9.53 Å². The second-order valence-corrected chi connectivity index (χ2v) is 10.3. The number of ether oxygens (including phenoxy) is 1. The number of benzene rings is 2. The van der Waals surface area contributed by atoms with Crippen LogP contribution in [0.4, 0.5) is 4.79 Å². The maximum Gasteiger partial charge on any atom is 0.410 e. The molecule has 0 spiro atoms. The highest BCUT2D eigenvalue weighted by Crippen LogP contribution is 2.38. The van der Waals surface area contributed by atoms with Crippen LogP contribution >= 0.6 is 11.3 Å². The van der Waals surface area contributed by atoms with E-state index in [-0.39, 0.29) is 18.2 Å². The van der Waals surface area contributed by atoms with Gasteiger partial charge in [-0.3, -0.25) is 9.80 Å². The summed E-state index contributed by atoms with van der Waals surface area (Å²) in [7, 11) is 0. The van der Waals surface area contributed by atoms with Crippen molar-refractivity contribution >= 4 is 27.6 Å². The lowest BCUT2D eigenvalue weighted by Crippen LogP contribution is -2.53. The van der Waals surface area contributed by atoms with Crippen molar-refractivity contribution in [3.8, 4) is 0 Å². The number of piperidine rings is 3. The molecule has 31 heavy (non-hydrogen) atoms. The Morgan fingerprint density at radius 1 is 1.13 bits per heavy atom. The molecule has 5 heterocycles. The zero-order valence-corrected chi connectivity index (χ0v) is 18.6. The van der Waals surface area contributed by atoms with Crippen LogP contribution in [0, 0.1) is 12.8 Å². The van der Waals surface area contributed by atoms with E-state index in [9.17, 15) is 4.79 Å². The number of aromatic nitrogens is 1. The Labute approximate surface area is 186 Å². The lowest BCUT2D eigenvalue weighted by atomic mass is 9.86. The summed E-state index contributed by atoms with van der Waals surface area (Å²) >= 11 is 1.71. The van der Waals surface area contributed by atoms with Gasteiger partial charge >= 0.3 is 6.09 Å². The molecule has 3 saturated heterocycles. The van der Waals surface area contributed by atoms with Crippen molar-refractivity contribution in [2.75, 3.05) is 26.2 Å². The molecular formula is C25H27N3O2S. The van der Waals surface area contributed by atoms with E-state index in [0.717, 1.165) is 55.0 Å². The summed E-state index contributed by atoms with van der Waals surface area (Å²) in [5, 5.41) is 1.06. The van der Waals surface area contributed by atoms with Gasteiger partial charge in [-0.15, -0.1) is 11.3 Å². The summed E-state index contributed by atoms with van der Waals surface area (Å²) in [6, 6.07) is 14.8. The molecule has 4 aliphatic rings. The number of carbonyl (C=O) groups excluding carboxylic acids is 1. The second kappa shape index (κ2) is 7.61. The van der Waals surface area contributed by atoms with Gasteiger partial charge in [0.05, 0.1) is 21.3 Å². The molecular weight excluding hydrogens is 406 g/mol. The maximum absolute atomic E-state index is 13.5. The van der Waals surface area contributed by atoms with Crippen molar-refractivity contribution in [1.29, 1.82) is 0 Å². The number of carbonyl (C=O) groups is 1. The summed E-state index contributed by atoms with van der Waals surface area (Å²) in [6.45, 7) is 5.90. The van der Waals surface area contributed by atoms with Crippen LogP contribution in [0.25, 0.3) is 10.2 Å². The zero-order valence-electron chi connectivity index (χ0n) is 17.8. The number of amides is 1. The Balaban J connectivity index is 1.35. The molecule has 0 radical (unpaired) electrons. The van der Waals surface area contributed by atoms with Crippen LogP contribution in [0.2, 0.25) is 0 Å². The van der Waals surface area contributed by atoms with Crippen molar-refractivity contribution in [1.82, 2.24) is 14.8 Å².